The molecule has 7 nitrogen and oxygen atoms in total. The van der Waals surface area contributed by atoms with Gasteiger partial charge in [0.15, 0.2) is 10.8 Å². The first-order valence-corrected chi connectivity index (χ1v) is 4.00. The van der Waals surface area contributed by atoms with E-state index in [1.54, 1.807) is 17.9 Å². The Labute approximate surface area is 83.0 Å². The molecule has 0 N–H and O–H groups in total. The van der Waals surface area contributed by atoms with Gasteiger partial charge in [-0.1, -0.05) is 11.6 Å². The summed E-state index contributed by atoms with van der Waals surface area (Å²) in [6.45, 7) is 0. The zero-order chi connectivity index (χ0) is 10.1. The van der Waals surface area contributed by atoms with E-state index in [1.165, 1.54) is 0 Å². The zero-order valence-corrected chi connectivity index (χ0v) is 7.84. The largest absolute Gasteiger partial charge is 0.318 e. The topological polar surface area (TPSA) is 92.4 Å². The van der Waals surface area contributed by atoms with Gasteiger partial charge in [-0.15, -0.1) is 0 Å². The number of rotatable bonds is 1. The highest BCUT2D eigenvalue weighted by atomic mass is 35.5. The molecule has 0 fully saturated rings. The van der Waals surface area contributed by atoms with Crippen molar-refractivity contribution in [3.63, 3.8) is 0 Å². The van der Waals surface area contributed by atoms with Gasteiger partial charge in [0.05, 0.1) is 6.33 Å². The van der Waals surface area contributed by atoms with Crippen LogP contribution < -0.4 is 0 Å². The Bertz CT molecular complexity index is 538. The molecule has 14 heavy (non-hydrogen) atoms. The number of nitrogens with zero attached hydrogens (tertiary/aromatic N) is 7. The molecule has 0 radical (unpaired) electrons. The fourth-order valence-electron chi connectivity index (χ4n) is 1.05. The Morgan fingerprint density at radius 2 is 2.36 bits per heavy atom. The number of hydrogen-bond donors (Lipinski definition) is 0. The van der Waals surface area contributed by atoms with Crippen LogP contribution in [0.4, 0.5) is 5.95 Å². The van der Waals surface area contributed by atoms with Crippen molar-refractivity contribution < 1.29 is 0 Å². The Morgan fingerprint density at radius 1 is 1.57 bits per heavy atom. The molecular formula is C6H4ClN7. The monoisotopic (exact) mass is 209 g/mol. The molecule has 0 bridgehead atoms. The SMILES string of the molecule is Cn1cnc2c(Cl)nc(N=[N+]=[N-])nc21. The van der Waals surface area contributed by atoms with Crippen LogP contribution in [0, 0.1) is 0 Å². The van der Waals surface area contributed by atoms with E-state index in [2.05, 4.69) is 25.0 Å². The average Bonchev–Trinajstić information content (AvgIpc) is 2.49. The van der Waals surface area contributed by atoms with Crippen molar-refractivity contribution in [2.75, 3.05) is 0 Å². The maximum atomic E-state index is 8.22. The maximum Gasteiger partial charge on any atom is 0.220 e. The van der Waals surface area contributed by atoms with Crippen LogP contribution in [0.5, 0.6) is 0 Å². The molecule has 0 spiro atoms. The fraction of sp³-hybridized carbons (Fsp3) is 0.167. The molecule has 8 heteroatoms. The molecule has 2 heterocycles. The maximum absolute atomic E-state index is 8.22. The van der Waals surface area contributed by atoms with Gasteiger partial charge in [-0.2, -0.15) is 0 Å². The average molecular weight is 210 g/mol. The fourth-order valence-corrected chi connectivity index (χ4v) is 1.26. The lowest BCUT2D eigenvalue weighted by atomic mass is 10.5. The number of imidazole rings is 1. The standard InChI is InChI=1S/C6H4ClN7/c1-14-2-9-3-4(7)10-6(12-13-8)11-5(3)14/h2H,1H3. The summed E-state index contributed by atoms with van der Waals surface area (Å²) in [5.41, 5.74) is 9.24. The van der Waals surface area contributed by atoms with Crippen LogP contribution in [0.25, 0.3) is 21.6 Å². The van der Waals surface area contributed by atoms with E-state index in [4.69, 9.17) is 17.1 Å². The Balaban J connectivity index is 2.81. The molecule has 0 saturated heterocycles. The van der Waals surface area contributed by atoms with Gasteiger partial charge in [0, 0.05) is 12.0 Å². The van der Waals surface area contributed by atoms with E-state index in [0.717, 1.165) is 0 Å². The smallest absolute Gasteiger partial charge is 0.220 e. The van der Waals surface area contributed by atoms with Gasteiger partial charge in [-0.05, 0) is 10.6 Å². The minimum absolute atomic E-state index is 0.00593. The summed E-state index contributed by atoms with van der Waals surface area (Å²) in [6, 6.07) is 0. The second kappa shape index (κ2) is 3.13. The first-order chi connectivity index (χ1) is 6.72. The Kier molecular flexibility index (Phi) is 1.95. The second-order valence-corrected chi connectivity index (χ2v) is 2.89. The van der Waals surface area contributed by atoms with Gasteiger partial charge in [0.1, 0.15) is 5.52 Å². The molecule has 0 atom stereocenters. The van der Waals surface area contributed by atoms with Crippen molar-refractivity contribution >= 4 is 28.7 Å². The van der Waals surface area contributed by atoms with Crippen LogP contribution in [0.3, 0.4) is 0 Å². The lowest BCUT2D eigenvalue weighted by Crippen LogP contribution is -1.90. The van der Waals surface area contributed by atoms with Crippen molar-refractivity contribution in [2.45, 2.75) is 0 Å². The van der Waals surface area contributed by atoms with E-state index in [9.17, 15) is 0 Å². The molecule has 0 amide bonds. The van der Waals surface area contributed by atoms with Crippen molar-refractivity contribution in [1.82, 2.24) is 19.5 Å². The van der Waals surface area contributed by atoms with E-state index in [1.807, 2.05) is 0 Å². The van der Waals surface area contributed by atoms with Crippen molar-refractivity contribution in [1.29, 1.82) is 0 Å². The molecule has 70 valence electrons. The molecule has 0 aromatic carbocycles. The third kappa shape index (κ3) is 1.24. The predicted molar refractivity (Wildman–Crippen MR) is 50.1 cm³/mol. The normalized spacial score (nSPS) is 10.1. The molecule has 0 saturated carbocycles. The molecule has 0 aliphatic carbocycles. The number of azide groups is 1. The molecule has 2 rings (SSSR count). The van der Waals surface area contributed by atoms with Gasteiger partial charge in [-0.25, -0.2) is 15.0 Å². The van der Waals surface area contributed by atoms with Gasteiger partial charge in [-0.3, -0.25) is 0 Å². The first kappa shape index (κ1) is 8.74. The number of aryl methyl sites for hydroxylation is 1. The number of fused-ring (bicyclic) bond motifs is 1. The lowest BCUT2D eigenvalue weighted by Gasteiger charge is -1.95. The highest BCUT2D eigenvalue weighted by Gasteiger charge is 2.08. The highest BCUT2D eigenvalue weighted by Crippen LogP contribution is 2.20. The van der Waals surface area contributed by atoms with Crippen molar-refractivity contribution in [3.8, 4) is 0 Å². The van der Waals surface area contributed by atoms with Gasteiger partial charge >= 0.3 is 0 Å². The third-order valence-corrected chi connectivity index (χ3v) is 1.90. The van der Waals surface area contributed by atoms with Crippen LogP contribution in [-0.4, -0.2) is 19.5 Å². The molecule has 0 unspecified atom stereocenters. The molecule has 2 aromatic rings. The highest BCUT2D eigenvalue weighted by molar-refractivity contribution is 6.33. The first-order valence-electron chi connectivity index (χ1n) is 3.62. The minimum Gasteiger partial charge on any atom is -0.318 e. The quantitative estimate of drug-likeness (QED) is 0.311. The summed E-state index contributed by atoms with van der Waals surface area (Å²) >= 11 is 5.80. The van der Waals surface area contributed by atoms with Crippen LogP contribution in [-0.2, 0) is 7.05 Å². The van der Waals surface area contributed by atoms with E-state index in [0.29, 0.717) is 11.2 Å². The molecule has 2 aromatic heterocycles. The summed E-state index contributed by atoms with van der Waals surface area (Å²) in [5, 5.41) is 3.45. The van der Waals surface area contributed by atoms with E-state index in [-0.39, 0.29) is 11.1 Å². The Morgan fingerprint density at radius 3 is 3.07 bits per heavy atom. The molecule has 0 aliphatic rings. The summed E-state index contributed by atoms with van der Waals surface area (Å²) < 4.78 is 1.67. The van der Waals surface area contributed by atoms with Gasteiger partial charge < -0.3 is 4.57 Å². The summed E-state index contributed by atoms with van der Waals surface area (Å²) in [4.78, 5) is 14.3. The van der Waals surface area contributed by atoms with Crippen molar-refractivity contribution in [2.24, 2.45) is 12.2 Å². The third-order valence-electron chi connectivity index (χ3n) is 1.64. The van der Waals surface area contributed by atoms with E-state index >= 15 is 0 Å². The molecule has 0 aliphatic heterocycles. The van der Waals surface area contributed by atoms with Crippen LogP contribution >= 0.6 is 11.6 Å². The van der Waals surface area contributed by atoms with Crippen LogP contribution in [0.2, 0.25) is 5.15 Å². The minimum atomic E-state index is -0.00593. The van der Waals surface area contributed by atoms with Crippen molar-refractivity contribution in [3.05, 3.63) is 21.9 Å². The summed E-state index contributed by atoms with van der Waals surface area (Å²) in [5.74, 6) is -0.00593. The number of hydrogen-bond acceptors (Lipinski definition) is 4. The Hall–Kier alpha value is -1.85. The molecular weight excluding hydrogens is 206 g/mol. The zero-order valence-electron chi connectivity index (χ0n) is 7.09. The number of aromatic nitrogens is 4. The summed E-state index contributed by atoms with van der Waals surface area (Å²) in [6.07, 6.45) is 1.56. The van der Waals surface area contributed by atoms with Crippen LogP contribution in [0.15, 0.2) is 11.4 Å². The van der Waals surface area contributed by atoms with Crippen LogP contribution in [0.1, 0.15) is 0 Å². The number of halogens is 1. The predicted octanol–water partition coefficient (Wildman–Crippen LogP) is 1.96. The second-order valence-electron chi connectivity index (χ2n) is 2.53. The lowest BCUT2D eigenvalue weighted by molar-refractivity contribution is 0.927. The van der Waals surface area contributed by atoms with Gasteiger partial charge in [0.25, 0.3) is 0 Å². The summed E-state index contributed by atoms with van der Waals surface area (Å²) in [7, 11) is 1.76. The van der Waals surface area contributed by atoms with E-state index < -0.39 is 0 Å². The van der Waals surface area contributed by atoms with Gasteiger partial charge in [0.2, 0.25) is 5.95 Å².